The van der Waals surface area contributed by atoms with Crippen LogP contribution in [0.3, 0.4) is 0 Å². The van der Waals surface area contributed by atoms with Crippen LogP contribution in [-0.2, 0) is 4.74 Å². The van der Waals surface area contributed by atoms with Crippen LogP contribution in [0.15, 0.2) is 12.1 Å². The second kappa shape index (κ2) is 3.88. The van der Waals surface area contributed by atoms with Gasteiger partial charge >= 0.3 is 5.97 Å². The van der Waals surface area contributed by atoms with Crippen LogP contribution in [0, 0.1) is 11.3 Å². The molecule has 0 saturated heterocycles. The molecule has 62 valence electrons. The van der Waals surface area contributed by atoms with E-state index in [4.69, 9.17) is 10.00 Å². The van der Waals surface area contributed by atoms with Crippen molar-refractivity contribution < 1.29 is 9.53 Å². The minimum Gasteiger partial charge on any atom is -0.462 e. The minimum atomic E-state index is -0.357. The number of hydrogen-bond donors (Lipinski definition) is 0. The Bertz CT molecular complexity index is 324. The molecular formula is C8H7NO2S. The van der Waals surface area contributed by atoms with Crippen molar-refractivity contribution in [3.8, 4) is 6.07 Å². The molecule has 1 rings (SSSR count). The summed E-state index contributed by atoms with van der Waals surface area (Å²) in [5, 5.41) is 8.47. The number of nitriles is 1. The zero-order valence-corrected chi connectivity index (χ0v) is 7.35. The highest BCUT2D eigenvalue weighted by Crippen LogP contribution is 2.15. The molecule has 0 aliphatic heterocycles. The molecule has 1 aromatic rings. The summed E-state index contributed by atoms with van der Waals surface area (Å²) >= 11 is 1.15. The molecule has 0 saturated carbocycles. The smallest absolute Gasteiger partial charge is 0.348 e. The average Bonchev–Trinajstić information content (AvgIpc) is 2.52. The van der Waals surface area contributed by atoms with E-state index >= 15 is 0 Å². The first-order valence-corrected chi connectivity index (χ1v) is 4.26. The quantitative estimate of drug-likeness (QED) is 0.653. The summed E-state index contributed by atoms with van der Waals surface area (Å²) in [6.45, 7) is 2.11. The van der Waals surface area contributed by atoms with Crippen LogP contribution < -0.4 is 0 Å². The van der Waals surface area contributed by atoms with Crippen molar-refractivity contribution in [3.63, 3.8) is 0 Å². The van der Waals surface area contributed by atoms with Gasteiger partial charge in [0.15, 0.2) is 0 Å². The molecule has 3 nitrogen and oxygen atoms in total. The van der Waals surface area contributed by atoms with Crippen LogP contribution >= 0.6 is 11.3 Å². The summed E-state index contributed by atoms with van der Waals surface area (Å²) in [7, 11) is 0. The molecule has 0 aliphatic rings. The summed E-state index contributed by atoms with van der Waals surface area (Å²) in [5.41, 5.74) is 0. The van der Waals surface area contributed by atoms with Crippen LogP contribution in [0.25, 0.3) is 0 Å². The highest BCUT2D eigenvalue weighted by molar-refractivity contribution is 7.14. The number of esters is 1. The second-order valence-electron chi connectivity index (χ2n) is 2.00. The van der Waals surface area contributed by atoms with Gasteiger partial charge in [-0.2, -0.15) is 5.26 Å². The van der Waals surface area contributed by atoms with E-state index in [9.17, 15) is 4.79 Å². The van der Waals surface area contributed by atoms with E-state index in [-0.39, 0.29) is 5.97 Å². The maximum Gasteiger partial charge on any atom is 0.348 e. The van der Waals surface area contributed by atoms with Crippen LogP contribution in [-0.4, -0.2) is 12.6 Å². The molecule has 0 unspecified atom stereocenters. The molecule has 0 atom stereocenters. The van der Waals surface area contributed by atoms with E-state index in [1.165, 1.54) is 0 Å². The van der Waals surface area contributed by atoms with Crippen molar-refractivity contribution in [3.05, 3.63) is 21.9 Å². The van der Waals surface area contributed by atoms with Crippen LogP contribution in [0.5, 0.6) is 0 Å². The summed E-state index contributed by atoms with van der Waals surface area (Å²) in [6.07, 6.45) is 0. The van der Waals surface area contributed by atoms with Crippen LogP contribution in [0.2, 0.25) is 0 Å². The maximum atomic E-state index is 11.1. The van der Waals surface area contributed by atoms with Gasteiger partial charge in [-0.25, -0.2) is 4.79 Å². The van der Waals surface area contributed by atoms with Crippen molar-refractivity contribution in [2.45, 2.75) is 6.92 Å². The lowest BCUT2D eigenvalue weighted by molar-refractivity contribution is 0.0532. The Morgan fingerprint density at radius 1 is 1.75 bits per heavy atom. The number of nitrogens with zero attached hydrogens (tertiary/aromatic N) is 1. The third-order valence-electron chi connectivity index (χ3n) is 1.19. The highest BCUT2D eigenvalue weighted by atomic mass is 32.1. The van der Waals surface area contributed by atoms with Gasteiger partial charge in [-0.15, -0.1) is 11.3 Å². The van der Waals surface area contributed by atoms with Gasteiger partial charge in [-0.3, -0.25) is 0 Å². The molecule has 0 radical (unpaired) electrons. The van der Waals surface area contributed by atoms with E-state index in [2.05, 4.69) is 0 Å². The number of thiophene rings is 1. The fraction of sp³-hybridized carbons (Fsp3) is 0.250. The third-order valence-corrected chi connectivity index (χ3v) is 2.16. The van der Waals surface area contributed by atoms with E-state index in [0.717, 1.165) is 11.3 Å². The fourth-order valence-electron chi connectivity index (χ4n) is 0.710. The molecule has 0 aliphatic carbocycles. The molecule has 1 aromatic heterocycles. The summed E-state index contributed by atoms with van der Waals surface area (Å²) in [6, 6.07) is 5.16. The Kier molecular flexibility index (Phi) is 2.83. The van der Waals surface area contributed by atoms with Gasteiger partial charge in [-0.1, -0.05) is 0 Å². The summed E-state index contributed by atoms with van der Waals surface area (Å²) in [5.74, 6) is -0.357. The normalized spacial score (nSPS) is 9.00. The Labute approximate surface area is 74.2 Å². The topological polar surface area (TPSA) is 50.1 Å². The highest BCUT2D eigenvalue weighted by Gasteiger charge is 2.08. The van der Waals surface area contributed by atoms with Crippen molar-refractivity contribution >= 4 is 17.3 Å². The molecule has 0 bridgehead atoms. The Morgan fingerprint density at radius 3 is 3.00 bits per heavy atom. The predicted octanol–water partition coefficient (Wildman–Crippen LogP) is 1.80. The number of carbonyl (C=O) groups is 1. The second-order valence-corrected chi connectivity index (χ2v) is 3.08. The molecule has 12 heavy (non-hydrogen) atoms. The van der Waals surface area contributed by atoms with E-state index in [1.807, 2.05) is 6.07 Å². The monoisotopic (exact) mass is 181 g/mol. The van der Waals surface area contributed by atoms with Gasteiger partial charge in [0.05, 0.1) is 6.61 Å². The van der Waals surface area contributed by atoms with Gasteiger partial charge in [0, 0.05) is 0 Å². The van der Waals surface area contributed by atoms with Gasteiger partial charge in [0.1, 0.15) is 15.8 Å². The summed E-state index contributed by atoms with van der Waals surface area (Å²) in [4.78, 5) is 12.1. The van der Waals surface area contributed by atoms with Gasteiger partial charge < -0.3 is 4.74 Å². The Morgan fingerprint density at radius 2 is 2.50 bits per heavy atom. The van der Waals surface area contributed by atoms with E-state index < -0.39 is 0 Å². The van der Waals surface area contributed by atoms with Gasteiger partial charge in [-0.05, 0) is 19.1 Å². The lowest BCUT2D eigenvalue weighted by Crippen LogP contribution is -2.01. The van der Waals surface area contributed by atoms with Crippen molar-refractivity contribution in [1.82, 2.24) is 0 Å². The Hall–Kier alpha value is -1.34. The number of hydrogen-bond acceptors (Lipinski definition) is 4. The Balaban J connectivity index is 2.76. The summed E-state index contributed by atoms with van der Waals surface area (Å²) < 4.78 is 4.75. The zero-order valence-electron chi connectivity index (χ0n) is 6.53. The zero-order chi connectivity index (χ0) is 8.97. The minimum absolute atomic E-state index is 0.357. The van der Waals surface area contributed by atoms with E-state index in [1.54, 1.807) is 19.1 Å². The SMILES string of the molecule is CCOC(=O)c1ccc(C#N)s1. The van der Waals surface area contributed by atoms with E-state index in [0.29, 0.717) is 16.4 Å². The lowest BCUT2D eigenvalue weighted by atomic mass is 10.4. The lowest BCUT2D eigenvalue weighted by Gasteiger charge is -1.95. The van der Waals surface area contributed by atoms with Crippen LogP contribution in [0.1, 0.15) is 21.5 Å². The van der Waals surface area contributed by atoms with Crippen molar-refractivity contribution in [1.29, 1.82) is 5.26 Å². The third kappa shape index (κ3) is 1.83. The van der Waals surface area contributed by atoms with Gasteiger partial charge in [0.25, 0.3) is 0 Å². The first-order valence-electron chi connectivity index (χ1n) is 3.45. The molecule has 4 heteroatoms. The molecule has 0 spiro atoms. The average molecular weight is 181 g/mol. The number of rotatable bonds is 2. The molecule has 0 aromatic carbocycles. The molecular weight excluding hydrogens is 174 g/mol. The van der Waals surface area contributed by atoms with Crippen molar-refractivity contribution in [2.24, 2.45) is 0 Å². The molecule has 1 heterocycles. The van der Waals surface area contributed by atoms with Crippen molar-refractivity contribution in [2.75, 3.05) is 6.61 Å². The molecule has 0 N–H and O–H groups in total. The standard InChI is InChI=1S/C8H7NO2S/c1-2-11-8(10)7-4-3-6(5-9)12-7/h3-4H,2H2,1H3. The number of ether oxygens (including phenoxy) is 1. The fourth-order valence-corrected chi connectivity index (χ4v) is 1.41. The largest absolute Gasteiger partial charge is 0.462 e. The predicted molar refractivity (Wildman–Crippen MR) is 45.0 cm³/mol. The maximum absolute atomic E-state index is 11.1. The first-order chi connectivity index (χ1) is 5.77. The first kappa shape index (κ1) is 8.75. The molecule has 0 amide bonds. The number of carbonyl (C=O) groups excluding carboxylic acids is 1. The van der Waals surface area contributed by atoms with Gasteiger partial charge in [0.2, 0.25) is 0 Å². The molecule has 0 fully saturated rings. The van der Waals surface area contributed by atoms with Crippen LogP contribution in [0.4, 0.5) is 0 Å².